The standard InChI is InChI=1S/C22H33N5O2.HI/c1-17-6-7-18(20(14-17)29-22(2,3)4)15-24-21(23-5)27-11-9-26(10-12-27)16-19-8-13-28-25-19;/h6-8,13-14H,9-12,15-16H2,1-5H3,(H,23,24);1H. The number of ether oxygens (including phenoxy) is 1. The van der Waals surface area contributed by atoms with E-state index in [4.69, 9.17) is 9.26 Å². The van der Waals surface area contributed by atoms with E-state index < -0.39 is 0 Å². The highest BCUT2D eigenvalue weighted by Crippen LogP contribution is 2.24. The number of rotatable bonds is 5. The van der Waals surface area contributed by atoms with Crippen molar-refractivity contribution >= 4 is 29.9 Å². The third kappa shape index (κ3) is 7.16. The molecule has 7 nitrogen and oxygen atoms in total. The number of benzene rings is 1. The first-order chi connectivity index (χ1) is 13.8. The van der Waals surface area contributed by atoms with E-state index in [1.54, 1.807) is 6.26 Å². The second-order valence-electron chi connectivity index (χ2n) is 8.48. The number of halogens is 1. The van der Waals surface area contributed by atoms with Gasteiger partial charge in [-0.3, -0.25) is 9.89 Å². The molecule has 3 rings (SSSR count). The van der Waals surface area contributed by atoms with E-state index in [1.165, 1.54) is 5.56 Å². The van der Waals surface area contributed by atoms with E-state index in [0.29, 0.717) is 6.54 Å². The van der Waals surface area contributed by atoms with E-state index in [0.717, 1.165) is 55.7 Å². The maximum atomic E-state index is 6.18. The van der Waals surface area contributed by atoms with Crippen LogP contribution in [0.4, 0.5) is 0 Å². The highest BCUT2D eigenvalue weighted by Gasteiger charge is 2.21. The Bertz CT molecular complexity index is 809. The van der Waals surface area contributed by atoms with Gasteiger partial charge in [0.1, 0.15) is 17.6 Å². The first kappa shape index (κ1) is 24.5. The lowest BCUT2D eigenvalue weighted by atomic mass is 10.1. The molecule has 0 saturated carbocycles. The molecular formula is C22H34IN5O2. The molecule has 2 heterocycles. The van der Waals surface area contributed by atoms with Crippen molar-refractivity contribution in [1.82, 2.24) is 20.3 Å². The summed E-state index contributed by atoms with van der Waals surface area (Å²) in [6.45, 7) is 13.6. The summed E-state index contributed by atoms with van der Waals surface area (Å²) in [6, 6.07) is 8.28. The average molecular weight is 527 g/mol. The lowest BCUT2D eigenvalue weighted by Gasteiger charge is -2.36. The molecule has 0 bridgehead atoms. The van der Waals surface area contributed by atoms with Crippen LogP contribution in [0.5, 0.6) is 5.75 Å². The molecule has 1 aliphatic heterocycles. The minimum atomic E-state index is -0.232. The minimum Gasteiger partial charge on any atom is -0.488 e. The van der Waals surface area contributed by atoms with Gasteiger partial charge in [-0.1, -0.05) is 17.3 Å². The molecule has 1 saturated heterocycles. The van der Waals surface area contributed by atoms with Gasteiger partial charge in [0.25, 0.3) is 0 Å². The first-order valence-electron chi connectivity index (χ1n) is 10.2. The smallest absolute Gasteiger partial charge is 0.194 e. The number of aliphatic imine (C=N–C) groups is 1. The van der Waals surface area contributed by atoms with Crippen molar-refractivity contribution in [2.75, 3.05) is 33.2 Å². The van der Waals surface area contributed by atoms with E-state index in [-0.39, 0.29) is 29.6 Å². The van der Waals surface area contributed by atoms with Gasteiger partial charge in [0, 0.05) is 57.9 Å². The zero-order valence-corrected chi connectivity index (χ0v) is 21.0. The van der Waals surface area contributed by atoms with Crippen LogP contribution in [0.2, 0.25) is 0 Å². The monoisotopic (exact) mass is 527 g/mol. The Hall–Kier alpha value is -1.81. The first-order valence-corrected chi connectivity index (χ1v) is 10.2. The maximum absolute atomic E-state index is 6.18. The molecule has 0 atom stereocenters. The van der Waals surface area contributed by atoms with Crippen LogP contribution in [-0.4, -0.2) is 59.7 Å². The number of nitrogens with zero attached hydrogens (tertiary/aromatic N) is 4. The summed E-state index contributed by atoms with van der Waals surface area (Å²) in [5, 5.41) is 7.52. The molecule has 0 spiro atoms. The van der Waals surface area contributed by atoms with Gasteiger partial charge >= 0.3 is 0 Å². The van der Waals surface area contributed by atoms with Gasteiger partial charge in [0.05, 0.1) is 5.69 Å². The lowest BCUT2D eigenvalue weighted by Crippen LogP contribution is -2.52. The highest BCUT2D eigenvalue weighted by atomic mass is 127. The van der Waals surface area contributed by atoms with Crippen molar-refractivity contribution in [3.8, 4) is 5.75 Å². The van der Waals surface area contributed by atoms with Crippen molar-refractivity contribution < 1.29 is 9.26 Å². The Kier molecular flexibility index (Phi) is 8.96. The van der Waals surface area contributed by atoms with Crippen molar-refractivity contribution in [2.24, 2.45) is 4.99 Å². The van der Waals surface area contributed by atoms with Crippen LogP contribution in [-0.2, 0) is 13.1 Å². The largest absolute Gasteiger partial charge is 0.488 e. The number of hydrogen-bond donors (Lipinski definition) is 1. The van der Waals surface area contributed by atoms with Crippen molar-refractivity contribution in [1.29, 1.82) is 0 Å². The van der Waals surface area contributed by atoms with Crippen LogP contribution >= 0.6 is 24.0 Å². The Morgan fingerprint density at radius 2 is 1.93 bits per heavy atom. The zero-order valence-electron chi connectivity index (χ0n) is 18.6. The number of aromatic nitrogens is 1. The minimum absolute atomic E-state index is 0. The summed E-state index contributed by atoms with van der Waals surface area (Å²) in [5.41, 5.74) is 3.08. The van der Waals surface area contributed by atoms with E-state index in [1.807, 2.05) is 13.1 Å². The van der Waals surface area contributed by atoms with Crippen molar-refractivity contribution in [3.63, 3.8) is 0 Å². The Balaban J connectivity index is 0.00000320. The molecule has 1 aromatic heterocycles. The number of nitrogens with one attached hydrogen (secondary N) is 1. The van der Waals surface area contributed by atoms with Crippen LogP contribution in [0.3, 0.4) is 0 Å². The van der Waals surface area contributed by atoms with Crippen LogP contribution in [0.25, 0.3) is 0 Å². The second kappa shape index (κ2) is 11.0. The molecule has 8 heteroatoms. The fraction of sp³-hybridized carbons (Fsp3) is 0.545. The average Bonchev–Trinajstić information content (AvgIpc) is 3.17. The van der Waals surface area contributed by atoms with Gasteiger partial charge in [0.2, 0.25) is 0 Å². The normalized spacial score (nSPS) is 15.6. The third-order valence-corrected chi connectivity index (χ3v) is 4.84. The predicted octanol–water partition coefficient (Wildman–Crippen LogP) is 3.67. The molecule has 166 valence electrons. The van der Waals surface area contributed by atoms with Gasteiger partial charge in [-0.15, -0.1) is 24.0 Å². The maximum Gasteiger partial charge on any atom is 0.194 e. The summed E-state index contributed by atoms with van der Waals surface area (Å²) in [6.07, 6.45) is 1.63. The third-order valence-electron chi connectivity index (χ3n) is 4.84. The second-order valence-corrected chi connectivity index (χ2v) is 8.48. The number of piperazine rings is 1. The number of aryl methyl sites for hydroxylation is 1. The molecule has 0 radical (unpaired) electrons. The van der Waals surface area contributed by atoms with E-state index in [2.05, 4.69) is 71.2 Å². The zero-order chi connectivity index (χ0) is 20.9. The Morgan fingerprint density at radius 3 is 2.53 bits per heavy atom. The summed E-state index contributed by atoms with van der Waals surface area (Å²) in [5.74, 6) is 1.85. The van der Waals surface area contributed by atoms with Gasteiger partial charge in [-0.05, 0) is 39.3 Å². The summed E-state index contributed by atoms with van der Waals surface area (Å²) < 4.78 is 11.1. The molecule has 0 amide bonds. The number of guanidine groups is 1. The molecule has 1 fully saturated rings. The lowest BCUT2D eigenvalue weighted by molar-refractivity contribution is 0.129. The van der Waals surface area contributed by atoms with Gasteiger partial charge in [0.15, 0.2) is 5.96 Å². The van der Waals surface area contributed by atoms with Crippen LogP contribution < -0.4 is 10.1 Å². The molecule has 1 aromatic carbocycles. The van der Waals surface area contributed by atoms with Gasteiger partial charge in [-0.2, -0.15) is 0 Å². The highest BCUT2D eigenvalue weighted by molar-refractivity contribution is 14.0. The van der Waals surface area contributed by atoms with E-state index in [9.17, 15) is 0 Å². The van der Waals surface area contributed by atoms with Crippen molar-refractivity contribution in [2.45, 2.75) is 46.4 Å². The van der Waals surface area contributed by atoms with Crippen LogP contribution in [0.1, 0.15) is 37.6 Å². The van der Waals surface area contributed by atoms with Gasteiger partial charge < -0.3 is 19.5 Å². The Labute approximate surface area is 196 Å². The fourth-order valence-corrected chi connectivity index (χ4v) is 3.41. The molecule has 2 aromatic rings. The van der Waals surface area contributed by atoms with Crippen LogP contribution in [0, 0.1) is 6.92 Å². The topological polar surface area (TPSA) is 66.1 Å². The molecule has 1 N–H and O–H groups in total. The van der Waals surface area contributed by atoms with Crippen LogP contribution in [0.15, 0.2) is 40.0 Å². The summed E-state index contributed by atoms with van der Waals surface area (Å²) in [7, 11) is 1.84. The Morgan fingerprint density at radius 1 is 1.20 bits per heavy atom. The van der Waals surface area contributed by atoms with E-state index >= 15 is 0 Å². The van der Waals surface area contributed by atoms with Crippen molar-refractivity contribution in [3.05, 3.63) is 47.3 Å². The fourth-order valence-electron chi connectivity index (χ4n) is 3.41. The SMILES string of the molecule is CN=C(NCc1ccc(C)cc1OC(C)(C)C)N1CCN(Cc2ccon2)CC1.I. The summed E-state index contributed by atoms with van der Waals surface area (Å²) in [4.78, 5) is 9.18. The molecule has 0 aliphatic carbocycles. The molecule has 1 aliphatic rings. The predicted molar refractivity (Wildman–Crippen MR) is 131 cm³/mol. The molecular weight excluding hydrogens is 493 g/mol. The molecule has 30 heavy (non-hydrogen) atoms. The number of hydrogen-bond acceptors (Lipinski definition) is 5. The quantitative estimate of drug-likeness (QED) is 0.364. The summed E-state index contributed by atoms with van der Waals surface area (Å²) >= 11 is 0. The molecule has 0 unspecified atom stereocenters. The van der Waals surface area contributed by atoms with Gasteiger partial charge in [-0.25, -0.2) is 0 Å².